The average Bonchev–Trinajstić information content (AvgIpc) is 3.11. The number of para-hydroxylation sites is 2. The van der Waals surface area contributed by atoms with Crippen molar-refractivity contribution in [2.24, 2.45) is 0 Å². The van der Waals surface area contributed by atoms with E-state index in [9.17, 15) is 0 Å². The van der Waals surface area contributed by atoms with Crippen molar-refractivity contribution in [3.8, 4) is 55.9 Å². The van der Waals surface area contributed by atoms with E-state index in [1.807, 2.05) is 42.1 Å². The van der Waals surface area contributed by atoms with Crippen molar-refractivity contribution in [2.75, 3.05) is 0 Å². The highest BCUT2D eigenvalue weighted by atomic mass is 32.2. The number of fused-ring (bicyclic) bond motifs is 3. The molecule has 0 bridgehead atoms. The summed E-state index contributed by atoms with van der Waals surface area (Å²) in [6.45, 7) is 0. The van der Waals surface area contributed by atoms with Gasteiger partial charge in [0.2, 0.25) is 0 Å². The lowest BCUT2D eigenvalue weighted by atomic mass is 9.94. The molecule has 0 aliphatic carbocycles. The molecule has 8 aromatic rings. The Bertz CT molecular complexity index is 2410. The summed E-state index contributed by atoms with van der Waals surface area (Å²) in [6, 6.07) is 56.1. The third kappa shape index (κ3) is 4.52. The molecule has 1 aliphatic heterocycles. The Balaban J connectivity index is 1.12. The van der Waals surface area contributed by atoms with Crippen LogP contribution < -0.4 is 0 Å². The van der Waals surface area contributed by atoms with E-state index in [1.165, 1.54) is 48.4 Å². The molecule has 0 spiro atoms. The summed E-state index contributed by atoms with van der Waals surface area (Å²) in [6.07, 6.45) is 0. The van der Waals surface area contributed by atoms with Crippen molar-refractivity contribution in [3.05, 3.63) is 158 Å². The number of hydrogen-bond donors (Lipinski definition) is 0. The average molecular weight is 591 g/mol. The summed E-state index contributed by atoms with van der Waals surface area (Å²) in [5.74, 6) is 0. The van der Waals surface area contributed by atoms with Gasteiger partial charge in [-0.05, 0) is 75.2 Å². The minimum atomic E-state index is 0.889. The van der Waals surface area contributed by atoms with Gasteiger partial charge in [0.05, 0.1) is 22.4 Å². The number of nitrogens with zero attached hydrogens (tertiary/aromatic N) is 2. The Labute approximate surface area is 266 Å². The Morgan fingerprint density at radius 3 is 1.64 bits per heavy atom. The van der Waals surface area contributed by atoms with E-state index in [1.54, 1.807) is 0 Å². The van der Waals surface area contributed by atoms with Crippen molar-refractivity contribution in [1.82, 2.24) is 9.97 Å². The maximum Gasteiger partial charge on any atom is 0.0973 e. The molecule has 3 heteroatoms. The fraction of sp³-hybridized carbons (Fsp3) is 0. The number of hydrogen-bond acceptors (Lipinski definition) is 3. The first kappa shape index (κ1) is 25.9. The second kappa shape index (κ2) is 10.6. The van der Waals surface area contributed by atoms with Gasteiger partial charge in [0.1, 0.15) is 0 Å². The van der Waals surface area contributed by atoms with E-state index in [2.05, 4.69) is 127 Å². The molecule has 0 atom stereocenters. The Kier molecular flexibility index (Phi) is 6.10. The predicted molar refractivity (Wildman–Crippen MR) is 188 cm³/mol. The van der Waals surface area contributed by atoms with Crippen LogP contribution in [-0.2, 0) is 0 Å². The summed E-state index contributed by atoms with van der Waals surface area (Å²) >= 11 is 1.87. The summed E-state index contributed by atoms with van der Waals surface area (Å²) < 4.78 is 0. The second-order valence-electron chi connectivity index (χ2n) is 11.4. The minimum absolute atomic E-state index is 0.889. The van der Waals surface area contributed by atoms with Crippen LogP contribution in [0.4, 0.5) is 0 Å². The predicted octanol–water partition coefficient (Wildman–Crippen LogP) is 11.6. The minimum Gasteiger partial charge on any atom is -0.244 e. The van der Waals surface area contributed by atoms with Crippen LogP contribution in [0.5, 0.6) is 0 Å². The Morgan fingerprint density at radius 1 is 0.356 bits per heavy atom. The van der Waals surface area contributed by atoms with Gasteiger partial charge in [-0.2, -0.15) is 0 Å². The molecule has 7 aromatic carbocycles. The zero-order valence-corrected chi connectivity index (χ0v) is 25.1. The zero-order chi connectivity index (χ0) is 29.7. The number of aromatic nitrogens is 2. The first-order valence-corrected chi connectivity index (χ1v) is 16.0. The van der Waals surface area contributed by atoms with Crippen LogP contribution in [0.25, 0.3) is 77.7 Å². The van der Waals surface area contributed by atoms with Gasteiger partial charge in [-0.1, -0.05) is 133 Å². The monoisotopic (exact) mass is 590 g/mol. The van der Waals surface area contributed by atoms with Gasteiger partial charge in [-0.3, -0.25) is 0 Å². The van der Waals surface area contributed by atoms with Crippen molar-refractivity contribution in [3.63, 3.8) is 0 Å². The van der Waals surface area contributed by atoms with Gasteiger partial charge in [0, 0.05) is 26.3 Å². The highest BCUT2D eigenvalue weighted by molar-refractivity contribution is 7.99. The topological polar surface area (TPSA) is 25.8 Å². The van der Waals surface area contributed by atoms with E-state index in [0.29, 0.717) is 0 Å². The van der Waals surface area contributed by atoms with Gasteiger partial charge in [0.25, 0.3) is 0 Å². The highest BCUT2D eigenvalue weighted by Gasteiger charge is 2.20. The summed E-state index contributed by atoms with van der Waals surface area (Å²) in [5, 5.41) is 2.66. The SMILES string of the molecule is c1ccc(-c2nc3ccccc3nc2-c2cccc(-c3cccc(-c4ccc5c(c4)Sc4cccc6cccc-5c46)c3)c2)cc1. The second-order valence-corrected chi connectivity index (χ2v) is 12.5. The van der Waals surface area contributed by atoms with E-state index in [0.717, 1.165) is 39.1 Å². The Morgan fingerprint density at radius 2 is 0.911 bits per heavy atom. The van der Waals surface area contributed by atoms with Crippen LogP contribution in [0.15, 0.2) is 168 Å². The maximum atomic E-state index is 5.13. The molecule has 210 valence electrons. The molecule has 9 rings (SSSR count). The van der Waals surface area contributed by atoms with Crippen LogP contribution in [-0.4, -0.2) is 9.97 Å². The fourth-order valence-corrected chi connectivity index (χ4v) is 7.65. The molecule has 2 heterocycles. The number of benzene rings is 7. The van der Waals surface area contributed by atoms with Crippen LogP contribution in [0.2, 0.25) is 0 Å². The molecule has 0 amide bonds. The van der Waals surface area contributed by atoms with E-state index < -0.39 is 0 Å². The van der Waals surface area contributed by atoms with Crippen molar-refractivity contribution < 1.29 is 0 Å². The molecule has 45 heavy (non-hydrogen) atoms. The van der Waals surface area contributed by atoms with Crippen LogP contribution in [0, 0.1) is 0 Å². The highest BCUT2D eigenvalue weighted by Crippen LogP contribution is 2.48. The molecule has 0 saturated carbocycles. The van der Waals surface area contributed by atoms with Gasteiger partial charge >= 0.3 is 0 Å². The molecule has 1 aliphatic rings. The fourth-order valence-electron chi connectivity index (χ4n) is 6.47. The molecule has 0 unspecified atom stereocenters. The van der Waals surface area contributed by atoms with Crippen LogP contribution in [0.3, 0.4) is 0 Å². The normalized spacial score (nSPS) is 11.9. The first-order valence-electron chi connectivity index (χ1n) is 15.2. The van der Waals surface area contributed by atoms with Gasteiger partial charge in [0.15, 0.2) is 0 Å². The van der Waals surface area contributed by atoms with Crippen molar-refractivity contribution in [1.29, 1.82) is 0 Å². The smallest absolute Gasteiger partial charge is 0.0973 e. The van der Waals surface area contributed by atoms with Crippen LogP contribution >= 0.6 is 11.8 Å². The molecular weight excluding hydrogens is 565 g/mol. The van der Waals surface area contributed by atoms with Gasteiger partial charge in [-0.15, -0.1) is 0 Å². The molecule has 0 fully saturated rings. The first-order chi connectivity index (χ1) is 22.3. The summed E-state index contributed by atoms with van der Waals surface area (Å²) in [4.78, 5) is 12.8. The summed E-state index contributed by atoms with van der Waals surface area (Å²) in [5.41, 5.74) is 13.0. The lowest BCUT2D eigenvalue weighted by Gasteiger charge is -2.21. The van der Waals surface area contributed by atoms with Crippen molar-refractivity contribution in [2.45, 2.75) is 9.79 Å². The van der Waals surface area contributed by atoms with E-state index in [-0.39, 0.29) is 0 Å². The zero-order valence-electron chi connectivity index (χ0n) is 24.3. The molecule has 0 radical (unpaired) electrons. The van der Waals surface area contributed by atoms with E-state index >= 15 is 0 Å². The molecule has 2 nitrogen and oxygen atoms in total. The lowest BCUT2D eigenvalue weighted by molar-refractivity contribution is 1.29. The Hall–Kier alpha value is -5.51. The maximum absolute atomic E-state index is 5.13. The largest absolute Gasteiger partial charge is 0.244 e. The molecular formula is C42H26N2S. The lowest BCUT2D eigenvalue weighted by Crippen LogP contribution is -1.95. The summed E-state index contributed by atoms with van der Waals surface area (Å²) in [7, 11) is 0. The van der Waals surface area contributed by atoms with Crippen LogP contribution in [0.1, 0.15) is 0 Å². The third-order valence-corrected chi connectivity index (χ3v) is 9.76. The van der Waals surface area contributed by atoms with Crippen molar-refractivity contribution >= 4 is 33.6 Å². The molecule has 0 saturated heterocycles. The van der Waals surface area contributed by atoms with Gasteiger partial charge < -0.3 is 0 Å². The third-order valence-electron chi connectivity index (χ3n) is 8.64. The number of rotatable bonds is 4. The van der Waals surface area contributed by atoms with E-state index in [4.69, 9.17) is 9.97 Å². The standard InChI is InChI=1S/C42H26N2S/c1-2-10-28(11-3-1)41-42(44-37-20-5-4-19-36(37)43-41)33-17-7-16-31(25-33)29-14-6-15-30(24-29)32-22-23-34-35-18-8-12-27-13-9-21-38(40(27)35)45-39(34)26-32/h1-26H. The van der Waals surface area contributed by atoms with Gasteiger partial charge in [-0.25, -0.2) is 9.97 Å². The quantitative estimate of drug-likeness (QED) is 0.204. The molecule has 1 aromatic heterocycles. The molecule has 0 N–H and O–H groups in total.